The second-order valence-corrected chi connectivity index (χ2v) is 5.54. The molecule has 0 unspecified atom stereocenters. The maximum absolute atomic E-state index is 12.4. The average molecular weight is 330 g/mol. The van der Waals surface area contributed by atoms with E-state index in [1.54, 1.807) is 24.3 Å². The van der Waals surface area contributed by atoms with Crippen molar-refractivity contribution in [1.29, 1.82) is 0 Å². The molecule has 0 radical (unpaired) electrons. The molecule has 0 bridgehead atoms. The number of fused-ring (bicyclic) bond motifs is 1. The number of H-pyrrole nitrogens is 1. The van der Waals surface area contributed by atoms with Gasteiger partial charge in [0, 0.05) is 5.69 Å². The molecule has 2 N–H and O–H groups in total. The summed E-state index contributed by atoms with van der Waals surface area (Å²) in [5.41, 5.74) is 0.766. The largest absolute Gasteiger partial charge is 0.348 e. The lowest BCUT2D eigenvalue weighted by Crippen LogP contribution is -2.15. The third-order valence-corrected chi connectivity index (χ3v) is 3.84. The van der Waals surface area contributed by atoms with Gasteiger partial charge >= 0.3 is 5.69 Å². The summed E-state index contributed by atoms with van der Waals surface area (Å²) in [6, 6.07) is 22.4. The second-order valence-electron chi connectivity index (χ2n) is 5.54. The first-order valence-corrected chi connectivity index (χ1v) is 7.76. The minimum atomic E-state index is -0.470. The molecule has 4 rings (SSSR count). The van der Waals surface area contributed by atoms with Crippen molar-refractivity contribution < 1.29 is 4.79 Å². The molecule has 1 amide bonds. The van der Waals surface area contributed by atoms with Gasteiger partial charge in [0.1, 0.15) is 0 Å². The number of hydrogen-bond acceptors (Lipinski definition) is 3. The van der Waals surface area contributed by atoms with Gasteiger partial charge in [-0.1, -0.05) is 48.5 Å². The molecule has 122 valence electrons. The maximum atomic E-state index is 12.4. The summed E-state index contributed by atoms with van der Waals surface area (Å²) < 4.78 is 1.16. The Labute approximate surface area is 142 Å². The number of para-hydroxylation sites is 1. The van der Waals surface area contributed by atoms with Gasteiger partial charge < -0.3 is 5.32 Å². The Hall–Kier alpha value is -3.67. The number of hydrogen-bond donors (Lipinski definition) is 2. The van der Waals surface area contributed by atoms with Gasteiger partial charge in [-0.05, 0) is 35.0 Å². The molecule has 0 saturated heterocycles. The van der Waals surface area contributed by atoms with E-state index in [0.29, 0.717) is 11.4 Å². The highest BCUT2D eigenvalue weighted by molar-refractivity contribution is 6.02. The van der Waals surface area contributed by atoms with Crippen molar-refractivity contribution in [3.8, 4) is 5.69 Å². The molecule has 0 spiro atoms. The molecule has 0 aliphatic heterocycles. The van der Waals surface area contributed by atoms with Gasteiger partial charge in [-0.25, -0.2) is 4.79 Å². The number of nitrogens with one attached hydrogen (secondary N) is 2. The number of nitrogens with zero attached hydrogens (tertiary/aromatic N) is 2. The molecule has 25 heavy (non-hydrogen) atoms. The van der Waals surface area contributed by atoms with E-state index in [4.69, 9.17) is 0 Å². The fourth-order valence-corrected chi connectivity index (χ4v) is 2.63. The molecular formula is C19H14N4O2. The van der Waals surface area contributed by atoms with Gasteiger partial charge in [0.15, 0.2) is 0 Å². The number of aromatic amines is 1. The highest BCUT2D eigenvalue weighted by atomic mass is 16.2. The van der Waals surface area contributed by atoms with Gasteiger partial charge in [0.25, 0.3) is 5.91 Å². The minimum Gasteiger partial charge on any atom is -0.319 e. The van der Waals surface area contributed by atoms with Crippen molar-refractivity contribution in [2.75, 3.05) is 5.32 Å². The predicted molar refractivity (Wildman–Crippen MR) is 96.1 cm³/mol. The number of benzene rings is 3. The van der Waals surface area contributed by atoms with Gasteiger partial charge in [-0.15, -0.1) is 5.10 Å². The number of amides is 1. The normalized spacial score (nSPS) is 10.7. The van der Waals surface area contributed by atoms with Crippen molar-refractivity contribution in [1.82, 2.24) is 14.8 Å². The number of carbonyl (C=O) groups excluding carboxylic acids is 1. The monoisotopic (exact) mass is 330 g/mol. The molecule has 0 aliphatic rings. The quantitative estimate of drug-likeness (QED) is 0.606. The third-order valence-electron chi connectivity index (χ3n) is 3.84. The molecule has 4 aromatic rings. The zero-order valence-corrected chi connectivity index (χ0v) is 13.1. The second kappa shape index (κ2) is 6.09. The van der Waals surface area contributed by atoms with Crippen LogP contribution in [-0.2, 0) is 0 Å². The van der Waals surface area contributed by atoms with E-state index >= 15 is 0 Å². The number of anilines is 1. The van der Waals surface area contributed by atoms with Crippen molar-refractivity contribution in [2.24, 2.45) is 0 Å². The van der Waals surface area contributed by atoms with Crippen LogP contribution in [0.15, 0.2) is 77.6 Å². The van der Waals surface area contributed by atoms with Crippen LogP contribution in [0.25, 0.3) is 16.5 Å². The molecule has 0 atom stereocenters. The van der Waals surface area contributed by atoms with Gasteiger partial charge in [0.2, 0.25) is 5.82 Å². The lowest BCUT2D eigenvalue weighted by atomic mass is 10.1. The topological polar surface area (TPSA) is 79.8 Å². The van der Waals surface area contributed by atoms with Crippen LogP contribution >= 0.6 is 0 Å². The van der Waals surface area contributed by atoms with Gasteiger partial charge in [0.05, 0.1) is 5.69 Å². The van der Waals surface area contributed by atoms with Gasteiger partial charge in [-0.3, -0.25) is 9.78 Å². The molecule has 3 aromatic carbocycles. The molecule has 0 fully saturated rings. The molecule has 1 heterocycles. The summed E-state index contributed by atoms with van der Waals surface area (Å²) in [5, 5.41) is 8.94. The van der Waals surface area contributed by atoms with E-state index in [1.807, 2.05) is 48.5 Å². The van der Waals surface area contributed by atoms with Crippen LogP contribution in [-0.4, -0.2) is 20.7 Å². The van der Waals surface area contributed by atoms with E-state index in [-0.39, 0.29) is 5.82 Å². The summed E-state index contributed by atoms with van der Waals surface area (Å²) in [6.07, 6.45) is 0. The number of rotatable bonds is 3. The average Bonchev–Trinajstić information content (AvgIpc) is 3.04. The Balaban J connectivity index is 1.61. The van der Waals surface area contributed by atoms with Crippen LogP contribution in [0.4, 0.5) is 5.69 Å². The Bertz CT molecular complexity index is 1110. The van der Waals surface area contributed by atoms with Crippen LogP contribution in [0.5, 0.6) is 0 Å². The number of carbonyl (C=O) groups is 1. The van der Waals surface area contributed by atoms with Crippen LogP contribution < -0.4 is 11.0 Å². The fourth-order valence-electron chi connectivity index (χ4n) is 2.63. The predicted octanol–water partition coefficient (Wildman–Crippen LogP) is 2.97. The van der Waals surface area contributed by atoms with E-state index in [2.05, 4.69) is 15.4 Å². The maximum Gasteiger partial charge on any atom is 0.348 e. The zero-order chi connectivity index (χ0) is 17.2. The molecule has 6 heteroatoms. The molecule has 0 saturated carbocycles. The first-order valence-electron chi connectivity index (χ1n) is 7.76. The molecule has 1 aromatic heterocycles. The summed E-state index contributed by atoms with van der Waals surface area (Å²) in [4.78, 5) is 26.9. The van der Waals surface area contributed by atoms with Crippen LogP contribution in [0.3, 0.4) is 0 Å². The summed E-state index contributed by atoms with van der Waals surface area (Å²) in [7, 11) is 0. The summed E-state index contributed by atoms with van der Waals surface area (Å²) in [5.74, 6) is -0.510. The van der Waals surface area contributed by atoms with Crippen LogP contribution in [0.2, 0.25) is 0 Å². The lowest BCUT2D eigenvalue weighted by molar-refractivity contribution is 0.101. The fraction of sp³-hybridized carbons (Fsp3) is 0. The van der Waals surface area contributed by atoms with Crippen molar-refractivity contribution >= 4 is 22.4 Å². The Morgan fingerprint density at radius 3 is 2.44 bits per heavy atom. The third kappa shape index (κ3) is 2.92. The standard InChI is InChI=1S/C19H14N4O2/c24-18(20-15-11-10-13-6-4-5-7-14(13)12-15)17-21-19(25)23(22-17)16-8-2-1-3-9-16/h1-12H,(H,20,24)(H,21,22,25). The first kappa shape index (κ1) is 14.9. The lowest BCUT2D eigenvalue weighted by Gasteiger charge is -2.04. The minimum absolute atomic E-state index is 0.0398. The highest BCUT2D eigenvalue weighted by Gasteiger charge is 2.14. The zero-order valence-electron chi connectivity index (χ0n) is 13.1. The number of aromatic nitrogens is 3. The smallest absolute Gasteiger partial charge is 0.319 e. The molecule has 6 nitrogen and oxygen atoms in total. The van der Waals surface area contributed by atoms with E-state index in [1.165, 1.54) is 0 Å². The van der Waals surface area contributed by atoms with Crippen molar-refractivity contribution in [2.45, 2.75) is 0 Å². The first-order chi connectivity index (χ1) is 12.2. The Morgan fingerprint density at radius 1 is 0.920 bits per heavy atom. The van der Waals surface area contributed by atoms with E-state index in [0.717, 1.165) is 15.5 Å². The molecular weight excluding hydrogens is 316 g/mol. The van der Waals surface area contributed by atoms with Crippen LogP contribution in [0, 0.1) is 0 Å². The Morgan fingerprint density at radius 2 is 1.64 bits per heavy atom. The SMILES string of the molecule is O=C(Nc1ccc2ccccc2c1)c1nn(-c2ccccc2)c(=O)[nH]1. The Kier molecular flexibility index (Phi) is 3.63. The van der Waals surface area contributed by atoms with E-state index in [9.17, 15) is 9.59 Å². The van der Waals surface area contributed by atoms with Crippen LogP contribution in [0.1, 0.15) is 10.6 Å². The summed E-state index contributed by atoms with van der Waals surface area (Å²) >= 11 is 0. The highest BCUT2D eigenvalue weighted by Crippen LogP contribution is 2.19. The van der Waals surface area contributed by atoms with Gasteiger partial charge in [-0.2, -0.15) is 4.68 Å². The van der Waals surface area contributed by atoms with Crippen molar-refractivity contribution in [3.63, 3.8) is 0 Å². The van der Waals surface area contributed by atoms with Crippen molar-refractivity contribution in [3.05, 3.63) is 89.1 Å². The van der Waals surface area contributed by atoms with E-state index < -0.39 is 11.6 Å². The summed E-state index contributed by atoms with van der Waals surface area (Å²) in [6.45, 7) is 0. The molecule has 0 aliphatic carbocycles.